The Morgan fingerprint density at radius 3 is 3.06 bits per heavy atom. The fourth-order valence-corrected chi connectivity index (χ4v) is 2.98. The number of carbonyl (C=O) groups excluding carboxylic acids is 1. The lowest BCUT2D eigenvalue weighted by Crippen LogP contribution is -2.39. The van der Waals surface area contributed by atoms with Gasteiger partial charge in [-0.15, -0.1) is 5.10 Å². The van der Waals surface area contributed by atoms with Gasteiger partial charge in [0.1, 0.15) is 4.88 Å². The Hall–Kier alpha value is -1.01. The van der Waals surface area contributed by atoms with Crippen molar-refractivity contribution < 1.29 is 9.90 Å². The quantitative estimate of drug-likeness (QED) is 0.873. The molecule has 1 aromatic heterocycles. The van der Waals surface area contributed by atoms with Crippen LogP contribution in [0.3, 0.4) is 0 Å². The summed E-state index contributed by atoms with van der Waals surface area (Å²) in [5.74, 6) is 0.329. The van der Waals surface area contributed by atoms with E-state index in [1.165, 1.54) is 0 Å². The van der Waals surface area contributed by atoms with Crippen molar-refractivity contribution in [2.45, 2.75) is 32.7 Å². The van der Waals surface area contributed by atoms with Gasteiger partial charge in [-0.2, -0.15) is 0 Å². The molecule has 1 aliphatic rings. The number of carbonyl (C=O) groups is 1. The molecule has 2 unspecified atom stereocenters. The molecule has 0 radical (unpaired) electrons. The topological polar surface area (TPSA) is 66.3 Å². The third kappa shape index (κ3) is 2.19. The monoisotopic (exact) mass is 255 g/mol. The second kappa shape index (κ2) is 5.10. The minimum absolute atomic E-state index is 0.0275. The molecule has 0 aromatic carbocycles. The van der Waals surface area contributed by atoms with E-state index < -0.39 is 0 Å². The van der Waals surface area contributed by atoms with Crippen molar-refractivity contribution >= 4 is 17.4 Å². The Labute approximate surface area is 105 Å². The van der Waals surface area contributed by atoms with E-state index in [-0.39, 0.29) is 18.6 Å². The highest BCUT2D eigenvalue weighted by Gasteiger charge is 2.35. The van der Waals surface area contributed by atoms with Crippen LogP contribution in [-0.2, 0) is 6.42 Å². The van der Waals surface area contributed by atoms with Gasteiger partial charge in [-0.25, -0.2) is 0 Å². The molecule has 0 saturated carbocycles. The Bertz CT molecular complexity index is 407. The van der Waals surface area contributed by atoms with Crippen molar-refractivity contribution in [3.8, 4) is 0 Å². The molecule has 1 amide bonds. The first-order chi connectivity index (χ1) is 8.19. The minimum Gasteiger partial charge on any atom is -0.394 e. The van der Waals surface area contributed by atoms with Gasteiger partial charge in [0.2, 0.25) is 0 Å². The van der Waals surface area contributed by atoms with Crippen molar-refractivity contribution in [2.75, 3.05) is 13.2 Å². The Kier molecular flexibility index (Phi) is 3.73. The van der Waals surface area contributed by atoms with Crippen LogP contribution in [0.5, 0.6) is 0 Å². The van der Waals surface area contributed by atoms with E-state index >= 15 is 0 Å². The molecule has 2 atom stereocenters. The number of amides is 1. The minimum atomic E-state index is -0.0608. The number of aliphatic hydroxyl groups excluding tert-OH is 1. The number of aliphatic hydroxyl groups is 1. The van der Waals surface area contributed by atoms with E-state index in [0.29, 0.717) is 23.8 Å². The molecule has 5 nitrogen and oxygen atoms in total. The maximum atomic E-state index is 12.3. The van der Waals surface area contributed by atoms with Crippen LogP contribution in [0.4, 0.5) is 0 Å². The van der Waals surface area contributed by atoms with Gasteiger partial charge in [-0.1, -0.05) is 18.3 Å². The molecule has 1 aliphatic heterocycles. The first-order valence-electron chi connectivity index (χ1n) is 5.92. The summed E-state index contributed by atoms with van der Waals surface area (Å²) in [7, 11) is 0. The molecule has 1 saturated heterocycles. The largest absolute Gasteiger partial charge is 0.394 e. The molecule has 1 aromatic rings. The van der Waals surface area contributed by atoms with Crippen LogP contribution in [0.25, 0.3) is 0 Å². The zero-order valence-corrected chi connectivity index (χ0v) is 10.9. The van der Waals surface area contributed by atoms with Crippen molar-refractivity contribution in [1.82, 2.24) is 14.5 Å². The van der Waals surface area contributed by atoms with Gasteiger partial charge in [0, 0.05) is 6.54 Å². The van der Waals surface area contributed by atoms with Crippen LogP contribution in [0.1, 0.15) is 35.6 Å². The summed E-state index contributed by atoms with van der Waals surface area (Å²) in [5.41, 5.74) is 0.760. The third-order valence-corrected chi connectivity index (χ3v) is 4.17. The summed E-state index contributed by atoms with van der Waals surface area (Å²) in [4.78, 5) is 14.7. The summed E-state index contributed by atoms with van der Waals surface area (Å²) in [6.45, 7) is 4.77. The van der Waals surface area contributed by atoms with Crippen LogP contribution in [0.15, 0.2) is 0 Å². The number of likely N-dealkylation sites (tertiary alicyclic amines) is 1. The van der Waals surface area contributed by atoms with Crippen molar-refractivity contribution in [1.29, 1.82) is 0 Å². The van der Waals surface area contributed by atoms with E-state index in [2.05, 4.69) is 16.5 Å². The van der Waals surface area contributed by atoms with Gasteiger partial charge in [-0.3, -0.25) is 4.79 Å². The molecule has 6 heteroatoms. The summed E-state index contributed by atoms with van der Waals surface area (Å²) in [6.07, 6.45) is 1.66. The van der Waals surface area contributed by atoms with Gasteiger partial charge >= 0.3 is 0 Å². The highest BCUT2D eigenvalue weighted by Crippen LogP contribution is 2.26. The average Bonchev–Trinajstić information content (AvgIpc) is 2.93. The molecule has 2 rings (SSSR count). The smallest absolute Gasteiger partial charge is 0.267 e. The lowest BCUT2D eigenvalue weighted by Gasteiger charge is -2.24. The highest BCUT2D eigenvalue weighted by molar-refractivity contribution is 7.08. The molecule has 0 bridgehead atoms. The van der Waals surface area contributed by atoms with Crippen LogP contribution in [0.2, 0.25) is 0 Å². The van der Waals surface area contributed by atoms with E-state index in [1.54, 1.807) is 4.90 Å². The molecule has 94 valence electrons. The lowest BCUT2D eigenvalue weighted by atomic mass is 10.0. The summed E-state index contributed by atoms with van der Waals surface area (Å²) in [6, 6.07) is -0.0608. The molecule has 2 heterocycles. The first-order valence-corrected chi connectivity index (χ1v) is 6.69. The number of nitrogens with zero attached hydrogens (tertiary/aromatic N) is 3. The van der Waals surface area contributed by atoms with Crippen molar-refractivity contribution in [2.24, 2.45) is 5.92 Å². The van der Waals surface area contributed by atoms with Gasteiger partial charge in [0.05, 0.1) is 18.3 Å². The van der Waals surface area contributed by atoms with Crippen LogP contribution in [-0.4, -0.2) is 44.7 Å². The van der Waals surface area contributed by atoms with Gasteiger partial charge in [0.15, 0.2) is 0 Å². The van der Waals surface area contributed by atoms with Gasteiger partial charge in [0.25, 0.3) is 5.91 Å². The highest BCUT2D eigenvalue weighted by atomic mass is 32.1. The van der Waals surface area contributed by atoms with Crippen LogP contribution in [0, 0.1) is 5.92 Å². The molecular weight excluding hydrogens is 238 g/mol. The van der Waals surface area contributed by atoms with Crippen molar-refractivity contribution in [3.63, 3.8) is 0 Å². The molecular formula is C11H17N3O2S. The fraction of sp³-hybridized carbons (Fsp3) is 0.727. The Morgan fingerprint density at radius 2 is 2.41 bits per heavy atom. The average molecular weight is 255 g/mol. The second-order valence-electron chi connectivity index (χ2n) is 4.42. The van der Waals surface area contributed by atoms with E-state index in [4.69, 9.17) is 0 Å². The number of aryl methyl sites for hydroxylation is 1. The summed E-state index contributed by atoms with van der Waals surface area (Å²) >= 11 is 1.15. The molecule has 17 heavy (non-hydrogen) atoms. The lowest BCUT2D eigenvalue weighted by molar-refractivity contribution is 0.0651. The number of hydrogen-bond donors (Lipinski definition) is 1. The maximum absolute atomic E-state index is 12.3. The predicted octanol–water partition coefficient (Wildman–Crippen LogP) is 0.943. The van der Waals surface area contributed by atoms with E-state index in [9.17, 15) is 9.90 Å². The van der Waals surface area contributed by atoms with Crippen molar-refractivity contribution in [3.05, 3.63) is 10.6 Å². The molecule has 0 aliphatic carbocycles. The van der Waals surface area contributed by atoms with E-state index in [1.807, 2.05) is 6.92 Å². The zero-order chi connectivity index (χ0) is 12.4. The normalized spacial score (nSPS) is 24.3. The molecule has 0 spiro atoms. The van der Waals surface area contributed by atoms with Crippen LogP contribution < -0.4 is 0 Å². The Morgan fingerprint density at radius 1 is 1.65 bits per heavy atom. The van der Waals surface area contributed by atoms with E-state index in [0.717, 1.165) is 23.6 Å². The third-order valence-electron chi connectivity index (χ3n) is 3.42. The number of rotatable bonds is 3. The molecule has 1 N–H and O–H groups in total. The Balaban J connectivity index is 2.20. The van der Waals surface area contributed by atoms with Crippen LogP contribution >= 0.6 is 11.5 Å². The van der Waals surface area contributed by atoms with Gasteiger partial charge < -0.3 is 10.0 Å². The standard InChI is InChI=1S/C11H17N3O2S/c1-3-8-10(17-13-12-8)11(16)14-5-4-7(2)9(14)6-15/h7,9,15H,3-6H2,1-2H3. The zero-order valence-electron chi connectivity index (χ0n) is 10.1. The SMILES string of the molecule is CCc1nnsc1C(=O)N1CCC(C)C1CO. The number of aromatic nitrogens is 2. The number of hydrogen-bond acceptors (Lipinski definition) is 5. The summed E-state index contributed by atoms with van der Waals surface area (Å²) in [5, 5.41) is 13.3. The summed E-state index contributed by atoms with van der Waals surface area (Å²) < 4.78 is 3.84. The first kappa shape index (κ1) is 12.4. The molecule has 1 fully saturated rings. The van der Waals surface area contributed by atoms with Gasteiger partial charge in [-0.05, 0) is 30.3 Å². The predicted molar refractivity (Wildman–Crippen MR) is 65.0 cm³/mol. The maximum Gasteiger partial charge on any atom is 0.267 e. The second-order valence-corrected chi connectivity index (χ2v) is 5.17. The fourth-order valence-electron chi connectivity index (χ4n) is 2.27.